The first-order valence-electron chi connectivity index (χ1n) is 8.87. The highest BCUT2D eigenvalue weighted by molar-refractivity contribution is 7.89. The van der Waals surface area contributed by atoms with Gasteiger partial charge in [-0.1, -0.05) is 6.07 Å². The average Bonchev–Trinajstić information content (AvgIpc) is 3.25. The fraction of sp³-hybridized carbons (Fsp3) is 0.200. The Bertz CT molecular complexity index is 1050. The highest BCUT2D eigenvalue weighted by atomic mass is 32.2. The van der Waals surface area contributed by atoms with Gasteiger partial charge in [-0.2, -0.15) is 0 Å². The van der Waals surface area contributed by atoms with Crippen LogP contribution in [0.5, 0.6) is 5.88 Å². The van der Waals surface area contributed by atoms with Crippen molar-refractivity contribution in [1.82, 2.24) is 15.0 Å². The number of carbonyl (C=O) groups excluding carboxylic acids is 1. The van der Waals surface area contributed by atoms with Gasteiger partial charge in [0, 0.05) is 35.8 Å². The molecule has 3 aromatic rings. The van der Waals surface area contributed by atoms with E-state index in [2.05, 4.69) is 15.0 Å². The lowest BCUT2D eigenvalue weighted by Gasteiger charge is -2.09. The van der Waals surface area contributed by atoms with Crippen LogP contribution in [0.1, 0.15) is 20.8 Å². The molecule has 0 bridgehead atoms. The molecule has 29 heavy (non-hydrogen) atoms. The first-order chi connectivity index (χ1) is 14.0. The summed E-state index contributed by atoms with van der Waals surface area (Å²) < 4.78 is 32.4. The number of carbonyl (C=O) groups is 1. The highest BCUT2D eigenvalue weighted by Crippen LogP contribution is 2.13. The van der Waals surface area contributed by atoms with Crippen molar-refractivity contribution >= 4 is 27.3 Å². The molecule has 9 heteroatoms. The van der Waals surface area contributed by atoms with Crippen molar-refractivity contribution in [3.8, 4) is 5.88 Å². The van der Waals surface area contributed by atoms with Crippen LogP contribution in [-0.2, 0) is 23.0 Å². The molecule has 2 N–H and O–H groups in total. The maximum Gasteiger partial charge on any atom is 0.251 e. The smallest absolute Gasteiger partial charge is 0.251 e. The number of sulfonamides is 1. The van der Waals surface area contributed by atoms with Crippen molar-refractivity contribution in [3.05, 3.63) is 76.1 Å². The molecule has 0 saturated heterocycles. The number of thiophene rings is 1. The Morgan fingerprint density at radius 3 is 2.66 bits per heavy atom. The third kappa shape index (κ3) is 5.86. The summed E-state index contributed by atoms with van der Waals surface area (Å²) in [7, 11) is -2.09. The Morgan fingerprint density at radius 1 is 1.17 bits per heavy atom. The van der Waals surface area contributed by atoms with Gasteiger partial charge in [-0.3, -0.25) is 4.79 Å². The first-order valence-corrected chi connectivity index (χ1v) is 11.2. The Morgan fingerprint density at radius 2 is 1.97 bits per heavy atom. The molecule has 0 aliphatic rings. The van der Waals surface area contributed by atoms with Crippen LogP contribution in [0.25, 0.3) is 0 Å². The minimum absolute atomic E-state index is 0.124. The molecule has 3 rings (SSSR count). The summed E-state index contributed by atoms with van der Waals surface area (Å²) in [5, 5.41) is 4.75. The standard InChI is InChI=1S/C20H21N3O4S2/c1-27-19-13-15(8-10-21-19)14-22-20(24)16-4-6-18(7-5-16)29(25,26)23-11-9-17-3-2-12-28-17/h2-8,10,12-13,23H,9,11,14H2,1H3,(H,22,24). The van der Waals surface area contributed by atoms with E-state index in [0.717, 1.165) is 10.4 Å². The lowest BCUT2D eigenvalue weighted by molar-refractivity contribution is 0.0950. The Balaban J connectivity index is 1.55. The molecule has 0 aliphatic heterocycles. The molecular weight excluding hydrogens is 410 g/mol. The van der Waals surface area contributed by atoms with Crippen molar-refractivity contribution in [2.45, 2.75) is 17.9 Å². The van der Waals surface area contributed by atoms with E-state index in [9.17, 15) is 13.2 Å². The largest absolute Gasteiger partial charge is 0.481 e. The third-order valence-corrected chi connectivity index (χ3v) is 6.54. The third-order valence-electron chi connectivity index (χ3n) is 4.13. The molecule has 0 saturated carbocycles. The van der Waals surface area contributed by atoms with Gasteiger partial charge in [0.2, 0.25) is 15.9 Å². The number of hydrogen-bond donors (Lipinski definition) is 2. The zero-order valence-electron chi connectivity index (χ0n) is 15.8. The monoisotopic (exact) mass is 431 g/mol. The van der Waals surface area contributed by atoms with Crippen LogP contribution in [0.3, 0.4) is 0 Å². The summed E-state index contributed by atoms with van der Waals surface area (Å²) in [6, 6.07) is 13.3. The van der Waals surface area contributed by atoms with Crippen molar-refractivity contribution in [1.29, 1.82) is 0 Å². The van der Waals surface area contributed by atoms with Crippen molar-refractivity contribution in [3.63, 3.8) is 0 Å². The van der Waals surface area contributed by atoms with Gasteiger partial charge < -0.3 is 10.1 Å². The zero-order valence-corrected chi connectivity index (χ0v) is 17.4. The molecule has 1 aromatic carbocycles. The number of rotatable bonds is 9. The van der Waals surface area contributed by atoms with E-state index < -0.39 is 10.0 Å². The fourth-order valence-electron chi connectivity index (χ4n) is 2.59. The highest BCUT2D eigenvalue weighted by Gasteiger charge is 2.14. The molecule has 0 fully saturated rings. The van der Waals surface area contributed by atoms with Crippen LogP contribution in [0.2, 0.25) is 0 Å². The summed E-state index contributed by atoms with van der Waals surface area (Å²) >= 11 is 1.59. The summed E-state index contributed by atoms with van der Waals surface area (Å²) in [5.74, 6) is 0.174. The number of aromatic nitrogens is 1. The topological polar surface area (TPSA) is 97.4 Å². The van der Waals surface area contributed by atoms with E-state index in [1.807, 2.05) is 17.5 Å². The number of methoxy groups -OCH3 is 1. The normalized spacial score (nSPS) is 11.2. The van der Waals surface area contributed by atoms with Crippen LogP contribution in [0.4, 0.5) is 0 Å². The van der Waals surface area contributed by atoms with Gasteiger partial charge in [0.05, 0.1) is 12.0 Å². The van der Waals surface area contributed by atoms with Gasteiger partial charge in [-0.25, -0.2) is 18.1 Å². The summed E-state index contributed by atoms with van der Waals surface area (Å²) in [6.45, 7) is 0.627. The number of benzene rings is 1. The van der Waals surface area contributed by atoms with Gasteiger partial charge >= 0.3 is 0 Å². The molecule has 0 unspecified atom stereocenters. The molecule has 0 atom stereocenters. The van der Waals surface area contributed by atoms with Crippen molar-refractivity contribution < 1.29 is 17.9 Å². The SMILES string of the molecule is COc1cc(CNC(=O)c2ccc(S(=O)(=O)NCCc3cccs3)cc2)ccn1. The molecule has 152 valence electrons. The van der Waals surface area contributed by atoms with E-state index in [-0.39, 0.29) is 10.8 Å². The van der Waals surface area contributed by atoms with E-state index in [1.165, 1.54) is 31.4 Å². The van der Waals surface area contributed by atoms with Gasteiger partial charge in [0.25, 0.3) is 5.91 Å². The minimum atomic E-state index is -3.62. The Hall–Kier alpha value is -2.75. The number of nitrogens with one attached hydrogen (secondary N) is 2. The number of ether oxygens (including phenoxy) is 1. The first kappa shape index (κ1) is 21.0. The number of hydrogen-bond acceptors (Lipinski definition) is 6. The molecule has 2 aromatic heterocycles. The number of amides is 1. The summed E-state index contributed by atoms with van der Waals surface area (Å²) in [4.78, 5) is 17.6. The van der Waals surface area contributed by atoms with Crippen molar-refractivity contribution in [2.24, 2.45) is 0 Å². The summed E-state index contributed by atoms with van der Waals surface area (Å²) in [6.07, 6.45) is 2.24. The maximum atomic E-state index is 12.4. The zero-order chi connectivity index (χ0) is 20.7. The average molecular weight is 432 g/mol. The van der Waals surface area contributed by atoms with Crippen LogP contribution in [-0.4, -0.2) is 33.0 Å². The second kappa shape index (κ2) is 9.64. The molecule has 7 nitrogen and oxygen atoms in total. The van der Waals surface area contributed by atoms with Crippen LogP contribution in [0, 0.1) is 0 Å². The fourth-order valence-corrected chi connectivity index (χ4v) is 4.33. The number of nitrogens with zero attached hydrogens (tertiary/aromatic N) is 1. The summed E-state index contributed by atoms with van der Waals surface area (Å²) in [5.41, 5.74) is 1.22. The van der Waals surface area contributed by atoms with Gasteiger partial charge in [-0.15, -0.1) is 11.3 Å². The van der Waals surface area contributed by atoms with E-state index >= 15 is 0 Å². The van der Waals surface area contributed by atoms with E-state index in [1.54, 1.807) is 29.7 Å². The lowest BCUT2D eigenvalue weighted by atomic mass is 10.2. The maximum absolute atomic E-state index is 12.4. The Labute approximate surface area is 173 Å². The molecular formula is C20H21N3O4S2. The van der Waals surface area contributed by atoms with Crippen LogP contribution >= 0.6 is 11.3 Å². The molecule has 0 aliphatic carbocycles. The Kier molecular flexibility index (Phi) is 6.97. The molecule has 1 amide bonds. The lowest BCUT2D eigenvalue weighted by Crippen LogP contribution is -2.26. The predicted octanol–water partition coefficient (Wildman–Crippen LogP) is 2.60. The molecule has 2 heterocycles. The predicted molar refractivity (Wildman–Crippen MR) is 112 cm³/mol. The quantitative estimate of drug-likeness (QED) is 0.543. The van der Waals surface area contributed by atoms with E-state index in [4.69, 9.17) is 4.74 Å². The van der Waals surface area contributed by atoms with Crippen LogP contribution in [0.15, 0.2) is 65.0 Å². The van der Waals surface area contributed by atoms with Gasteiger partial charge in [-0.05, 0) is 53.8 Å². The van der Waals surface area contributed by atoms with E-state index in [0.29, 0.717) is 31.0 Å². The molecule has 0 spiro atoms. The number of pyridine rings is 1. The van der Waals surface area contributed by atoms with Crippen LogP contribution < -0.4 is 14.8 Å². The molecule has 0 radical (unpaired) electrons. The van der Waals surface area contributed by atoms with Gasteiger partial charge in [0.15, 0.2) is 0 Å². The minimum Gasteiger partial charge on any atom is -0.481 e. The van der Waals surface area contributed by atoms with Gasteiger partial charge in [0.1, 0.15) is 0 Å². The van der Waals surface area contributed by atoms with Crippen molar-refractivity contribution in [2.75, 3.05) is 13.7 Å². The second-order valence-corrected chi connectivity index (χ2v) is 8.94. The second-order valence-electron chi connectivity index (χ2n) is 6.14.